The molecule has 2 aromatic rings. The van der Waals surface area contributed by atoms with Gasteiger partial charge < -0.3 is 4.52 Å². The van der Waals surface area contributed by atoms with Crippen LogP contribution in [0.2, 0.25) is 5.02 Å². The lowest BCUT2D eigenvalue weighted by atomic mass is 10.1. The summed E-state index contributed by atoms with van der Waals surface area (Å²) in [6, 6.07) is 8.13. The largest absolute Gasteiger partial charge is 0.338 e. The second-order valence-electron chi connectivity index (χ2n) is 6.08. The van der Waals surface area contributed by atoms with Gasteiger partial charge in [0.2, 0.25) is 11.7 Å². The van der Waals surface area contributed by atoms with Crippen molar-refractivity contribution >= 4 is 11.6 Å². The Hall–Kier alpha value is -1.39. The van der Waals surface area contributed by atoms with Crippen LogP contribution in [-0.2, 0) is 6.54 Å². The van der Waals surface area contributed by atoms with Crippen LogP contribution < -0.4 is 0 Å². The van der Waals surface area contributed by atoms with Gasteiger partial charge in [-0.05, 0) is 44.2 Å². The highest BCUT2D eigenvalue weighted by atomic mass is 35.5. The molecule has 1 heterocycles. The van der Waals surface area contributed by atoms with Crippen LogP contribution in [0.25, 0.3) is 11.4 Å². The molecule has 0 radical (unpaired) electrons. The van der Waals surface area contributed by atoms with Crippen LogP contribution in [0.5, 0.6) is 0 Å². The molecule has 0 N–H and O–H groups in total. The SMILES string of the molecule is CN(Cc1nc(-c2ccc(Cl)cc2)no1)C1CCCCCC1. The predicted octanol–water partition coefficient (Wildman–Crippen LogP) is 4.54. The van der Waals surface area contributed by atoms with E-state index in [1.54, 1.807) is 0 Å². The highest BCUT2D eigenvalue weighted by molar-refractivity contribution is 6.30. The number of aromatic nitrogens is 2. The fraction of sp³-hybridized carbons (Fsp3) is 0.529. The molecule has 22 heavy (non-hydrogen) atoms. The molecule has 4 nitrogen and oxygen atoms in total. The van der Waals surface area contributed by atoms with Crippen molar-refractivity contribution in [3.8, 4) is 11.4 Å². The molecular weight excluding hydrogens is 298 g/mol. The molecule has 1 fully saturated rings. The molecule has 118 valence electrons. The number of halogens is 1. The van der Waals surface area contributed by atoms with E-state index in [2.05, 4.69) is 22.1 Å². The molecule has 0 aliphatic heterocycles. The van der Waals surface area contributed by atoms with Gasteiger partial charge in [-0.2, -0.15) is 4.98 Å². The van der Waals surface area contributed by atoms with E-state index in [-0.39, 0.29) is 0 Å². The Morgan fingerprint density at radius 2 is 1.82 bits per heavy atom. The Bertz CT molecular complexity index is 588. The van der Waals surface area contributed by atoms with Crippen LogP contribution in [0, 0.1) is 0 Å². The molecule has 1 aliphatic carbocycles. The highest BCUT2D eigenvalue weighted by Gasteiger charge is 2.19. The number of hydrogen-bond donors (Lipinski definition) is 0. The summed E-state index contributed by atoms with van der Waals surface area (Å²) < 4.78 is 5.41. The van der Waals surface area contributed by atoms with Gasteiger partial charge in [0.05, 0.1) is 6.54 Å². The molecule has 1 aromatic heterocycles. The Morgan fingerprint density at radius 1 is 1.14 bits per heavy atom. The zero-order valence-electron chi connectivity index (χ0n) is 13.0. The van der Waals surface area contributed by atoms with Crippen molar-refractivity contribution in [1.29, 1.82) is 0 Å². The summed E-state index contributed by atoms with van der Waals surface area (Å²) in [4.78, 5) is 6.86. The van der Waals surface area contributed by atoms with E-state index in [9.17, 15) is 0 Å². The maximum atomic E-state index is 5.90. The fourth-order valence-electron chi connectivity index (χ4n) is 3.08. The summed E-state index contributed by atoms with van der Waals surface area (Å²) in [5.41, 5.74) is 0.927. The molecule has 0 amide bonds. The number of rotatable bonds is 4. The summed E-state index contributed by atoms with van der Waals surface area (Å²) in [6.07, 6.45) is 7.93. The predicted molar refractivity (Wildman–Crippen MR) is 87.7 cm³/mol. The first kappa shape index (κ1) is 15.5. The van der Waals surface area contributed by atoms with Crippen molar-refractivity contribution in [3.05, 3.63) is 35.2 Å². The molecule has 3 rings (SSSR count). The minimum atomic E-state index is 0.626. The van der Waals surface area contributed by atoms with Crippen LogP contribution in [0.1, 0.15) is 44.4 Å². The summed E-state index contributed by atoms with van der Waals surface area (Å²) in [5, 5.41) is 4.79. The quantitative estimate of drug-likeness (QED) is 0.776. The minimum Gasteiger partial charge on any atom is -0.338 e. The van der Waals surface area contributed by atoms with Gasteiger partial charge in [-0.1, -0.05) is 42.4 Å². The molecule has 1 aromatic carbocycles. The van der Waals surface area contributed by atoms with Gasteiger partial charge in [0.15, 0.2) is 0 Å². The molecule has 0 spiro atoms. The molecule has 0 bridgehead atoms. The number of nitrogens with zero attached hydrogens (tertiary/aromatic N) is 3. The van der Waals surface area contributed by atoms with Crippen molar-refractivity contribution in [2.24, 2.45) is 0 Å². The lowest BCUT2D eigenvalue weighted by Gasteiger charge is -2.25. The molecule has 1 aliphatic rings. The summed E-state index contributed by atoms with van der Waals surface area (Å²) >= 11 is 5.90. The Balaban J connectivity index is 1.64. The van der Waals surface area contributed by atoms with Crippen LogP contribution in [0.4, 0.5) is 0 Å². The van der Waals surface area contributed by atoms with Crippen LogP contribution in [0.3, 0.4) is 0 Å². The van der Waals surface area contributed by atoms with Gasteiger partial charge in [0.1, 0.15) is 0 Å². The second-order valence-corrected chi connectivity index (χ2v) is 6.52. The van der Waals surface area contributed by atoms with Gasteiger partial charge in [-0.15, -0.1) is 0 Å². The van der Waals surface area contributed by atoms with E-state index >= 15 is 0 Å². The van der Waals surface area contributed by atoms with E-state index in [4.69, 9.17) is 16.1 Å². The van der Waals surface area contributed by atoms with E-state index in [0.717, 1.165) is 5.56 Å². The van der Waals surface area contributed by atoms with Gasteiger partial charge >= 0.3 is 0 Å². The topological polar surface area (TPSA) is 42.2 Å². The second kappa shape index (κ2) is 7.25. The highest BCUT2D eigenvalue weighted by Crippen LogP contribution is 2.23. The fourth-order valence-corrected chi connectivity index (χ4v) is 3.20. The van der Waals surface area contributed by atoms with E-state index in [0.29, 0.717) is 29.3 Å². The molecule has 0 atom stereocenters. The lowest BCUT2D eigenvalue weighted by molar-refractivity contribution is 0.187. The van der Waals surface area contributed by atoms with Crippen molar-refractivity contribution in [2.45, 2.75) is 51.1 Å². The Labute approximate surface area is 136 Å². The standard InChI is InChI=1S/C17H22ClN3O/c1-21(15-6-4-2-3-5-7-15)12-16-19-17(20-22-16)13-8-10-14(18)11-9-13/h8-11,15H,2-7,12H2,1H3. The normalized spacial score (nSPS) is 16.9. The molecule has 1 saturated carbocycles. The Kier molecular flexibility index (Phi) is 5.11. The number of benzene rings is 1. The average Bonchev–Trinajstić information content (AvgIpc) is 2.81. The first-order chi connectivity index (χ1) is 10.7. The van der Waals surface area contributed by atoms with Crippen molar-refractivity contribution in [1.82, 2.24) is 15.0 Å². The van der Waals surface area contributed by atoms with Crippen molar-refractivity contribution < 1.29 is 4.52 Å². The third kappa shape index (κ3) is 3.87. The molecule has 5 heteroatoms. The van der Waals surface area contributed by atoms with Crippen LogP contribution >= 0.6 is 11.6 Å². The molecule has 0 saturated heterocycles. The monoisotopic (exact) mass is 319 g/mol. The van der Waals surface area contributed by atoms with Gasteiger partial charge in [-0.3, -0.25) is 4.90 Å². The average molecular weight is 320 g/mol. The summed E-state index contributed by atoms with van der Waals surface area (Å²) in [7, 11) is 2.15. The first-order valence-electron chi connectivity index (χ1n) is 8.01. The number of hydrogen-bond acceptors (Lipinski definition) is 4. The van der Waals surface area contributed by atoms with Crippen molar-refractivity contribution in [2.75, 3.05) is 7.05 Å². The summed E-state index contributed by atoms with van der Waals surface area (Å²) in [6.45, 7) is 0.714. The van der Waals surface area contributed by atoms with Crippen LogP contribution in [0.15, 0.2) is 28.8 Å². The van der Waals surface area contributed by atoms with Crippen LogP contribution in [-0.4, -0.2) is 28.1 Å². The maximum absolute atomic E-state index is 5.90. The van der Waals surface area contributed by atoms with E-state index in [1.807, 2.05) is 24.3 Å². The summed E-state index contributed by atoms with van der Waals surface area (Å²) in [5.74, 6) is 1.30. The Morgan fingerprint density at radius 3 is 2.50 bits per heavy atom. The third-order valence-corrected chi connectivity index (χ3v) is 4.66. The zero-order valence-corrected chi connectivity index (χ0v) is 13.7. The first-order valence-corrected chi connectivity index (χ1v) is 8.39. The molecule has 0 unspecified atom stereocenters. The van der Waals surface area contributed by atoms with Gasteiger partial charge in [0, 0.05) is 16.6 Å². The van der Waals surface area contributed by atoms with E-state index in [1.165, 1.54) is 38.5 Å². The maximum Gasteiger partial charge on any atom is 0.241 e. The molecular formula is C17H22ClN3O. The third-order valence-electron chi connectivity index (χ3n) is 4.40. The zero-order chi connectivity index (χ0) is 15.4. The van der Waals surface area contributed by atoms with E-state index < -0.39 is 0 Å². The smallest absolute Gasteiger partial charge is 0.241 e. The minimum absolute atomic E-state index is 0.626. The lowest BCUT2D eigenvalue weighted by Crippen LogP contribution is -2.30. The van der Waals surface area contributed by atoms with Gasteiger partial charge in [0.25, 0.3) is 0 Å². The van der Waals surface area contributed by atoms with Crippen molar-refractivity contribution in [3.63, 3.8) is 0 Å². The van der Waals surface area contributed by atoms with Gasteiger partial charge in [-0.25, -0.2) is 0 Å².